The van der Waals surface area contributed by atoms with Gasteiger partial charge in [-0.05, 0) is 56.4 Å². The van der Waals surface area contributed by atoms with Crippen molar-refractivity contribution in [2.45, 2.75) is 44.7 Å². The van der Waals surface area contributed by atoms with Crippen LogP contribution in [-0.2, 0) is 0 Å². The number of rotatable bonds is 2. The van der Waals surface area contributed by atoms with E-state index < -0.39 is 0 Å². The average Bonchev–Trinajstić information content (AvgIpc) is 2.32. The van der Waals surface area contributed by atoms with Gasteiger partial charge in [-0.15, -0.1) is 0 Å². The number of hydrogen-bond acceptors (Lipinski definition) is 2. The highest BCUT2D eigenvalue weighted by Crippen LogP contribution is 2.19. The molecule has 0 atom stereocenters. The average molecular weight is 311 g/mol. The fourth-order valence-electron chi connectivity index (χ4n) is 2.41. The van der Waals surface area contributed by atoms with Gasteiger partial charge < -0.3 is 11.1 Å². The molecule has 1 saturated carbocycles. The topological polar surface area (TPSA) is 55.1 Å². The second kappa shape index (κ2) is 5.85. The molecule has 3 N–H and O–H groups in total. The Morgan fingerprint density at radius 3 is 2.61 bits per heavy atom. The van der Waals surface area contributed by atoms with Crippen molar-refractivity contribution in [3.63, 3.8) is 0 Å². The van der Waals surface area contributed by atoms with Gasteiger partial charge in [0.05, 0.1) is 0 Å². The number of nitrogens with one attached hydrogen (secondary N) is 1. The van der Waals surface area contributed by atoms with E-state index in [1.807, 2.05) is 25.1 Å². The molecule has 98 valence electrons. The first-order chi connectivity index (χ1) is 8.56. The van der Waals surface area contributed by atoms with Crippen LogP contribution in [0.25, 0.3) is 0 Å². The van der Waals surface area contributed by atoms with Crippen LogP contribution in [0.2, 0.25) is 0 Å². The Labute approximate surface area is 116 Å². The van der Waals surface area contributed by atoms with Crippen LogP contribution in [0.1, 0.15) is 41.6 Å². The van der Waals surface area contributed by atoms with E-state index in [1.165, 1.54) is 0 Å². The van der Waals surface area contributed by atoms with E-state index in [9.17, 15) is 4.79 Å². The Kier molecular flexibility index (Phi) is 4.40. The molecule has 0 aromatic heterocycles. The summed E-state index contributed by atoms with van der Waals surface area (Å²) in [6.07, 6.45) is 3.99. The maximum absolute atomic E-state index is 12.2. The summed E-state index contributed by atoms with van der Waals surface area (Å²) in [6, 6.07) is 6.32. The molecule has 4 heteroatoms. The van der Waals surface area contributed by atoms with Gasteiger partial charge in [-0.1, -0.05) is 15.9 Å². The van der Waals surface area contributed by atoms with Gasteiger partial charge in [-0.2, -0.15) is 0 Å². The summed E-state index contributed by atoms with van der Waals surface area (Å²) in [5.41, 5.74) is 7.61. The molecule has 1 aromatic carbocycles. The SMILES string of the molecule is Cc1cc(Br)ccc1C(=O)NC1CCC(N)CC1. The minimum atomic E-state index is 0.0282. The van der Waals surface area contributed by atoms with Crippen molar-refractivity contribution in [3.8, 4) is 0 Å². The van der Waals surface area contributed by atoms with Crippen molar-refractivity contribution in [1.82, 2.24) is 5.32 Å². The van der Waals surface area contributed by atoms with Crippen molar-refractivity contribution in [2.24, 2.45) is 5.73 Å². The molecule has 0 bridgehead atoms. The second-order valence-corrected chi connectivity index (χ2v) is 5.96. The lowest BCUT2D eigenvalue weighted by Gasteiger charge is -2.27. The number of amides is 1. The number of aryl methyl sites for hydroxylation is 1. The van der Waals surface area contributed by atoms with E-state index >= 15 is 0 Å². The molecular formula is C14H19BrN2O. The Hall–Kier alpha value is -0.870. The number of carbonyl (C=O) groups is 1. The number of hydrogen-bond donors (Lipinski definition) is 2. The van der Waals surface area contributed by atoms with Crippen molar-refractivity contribution in [2.75, 3.05) is 0 Å². The van der Waals surface area contributed by atoms with Crippen LogP contribution in [0.5, 0.6) is 0 Å². The highest BCUT2D eigenvalue weighted by Gasteiger charge is 2.21. The molecule has 0 radical (unpaired) electrons. The summed E-state index contributed by atoms with van der Waals surface area (Å²) in [5, 5.41) is 3.11. The van der Waals surface area contributed by atoms with Gasteiger partial charge in [0.1, 0.15) is 0 Å². The Balaban J connectivity index is 1.99. The van der Waals surface area contributed by atoms with E-state index in [4.69, 9.17) is 5.73 Å². The van der Waals surface area contributed by atoms with Crippen LogP contribution in [-0.4, -0.2) is 18.0 Å². The maximum Gasteiger partial charge on any atom is 0.251 e. The van der Waals surface area contributed by atoms with Crippen LogP contribution in [0.15, 0.2) is 22.7 Å². The summed E-state index contributed by atoms with van der Waals surface area (Å²) in [7, 11) is 0. The molecule has 18 heavy (non-hydrogen) atoms. The maximum atomic E-state index is 12.2. The third-order valence-electron chi connectivity index (χ3n) is 3.54. The van der Waals surface area contributed by atoms with Crippen LogP contribution in [0.4, 0.5) is 0 Å². The fraction of sp³-hybridized carbons (Fsp3) is 0.500. The molecule has 2 rings (SSSR count). The molecule has 0 aliphatic heterocycles. The number of carbonyl (C=O) groups excluding carboxylic acids is 1. The molecule has 0 unspecified atom stereocenters. The van der Waals surface area contributed by atoms with E-state index in [0.29, 0.717) is 6.04 Å². The fourth-order valence-corrected chi connectivity index (χ4v) is 2.88. The molecule has 0 saturated heterocycles. The van der Waals surface area contributed by atoms with Crippen LogP contribution < -0.4 is 11.1 Å². The minimum Gasteiger partial charge on any atom is -0.349 e. The molecule has 0 heterocycles. The van der Waals surface area contributed by atoms with Crippen molar-refractivity contribution < 1.29 is 4.79 Å². The lowest BCUT2D eigenvalue weighted by molar-refractivity contribution is 0.0925. The first kappa shape index (κ1) is 13.6. The molecule has 1 aromatic rings. The van der Waals surface area contributed by atoms with Gasteiger partial charge in [0.25, 0.3) is 5.91 Å². The Bertz CT molecular complexity index is 439. The Morgan fingerprint density at radius 1 is 1.33 bits per heavy atom. The summed E-state index contributed by atoms with van der Waals surface area (Å²) in [5.74, 6) is 0.0282. The lowest BCUT2D eigenvalue weighted by Crippen LogP contribution is -2.40. The Morgan fingerprint density at radius 2 is 2.00 bits per heavy atom. The molecule has 1 aliphatic carbocycles. The first-order valence-electron chi connectivity index (χ1n) is 6.39. The van der Waals surface area contributed by atoms with Gasteiger partial charge in [-0.25, -0.2) is 0 Å². The zero-order chi connectivity index (χ0) is 13.1. The van der Waals surface area contributed by atoms with Gasteiger partial charge in [0.15, 0.2) is 0 Å². The molecule has 3 nitrogen and oxygen atoms in total. The van der Waals surface area contributed by atoms with Gasteiger partial charge in [0.2, 0.25) is 0 Å². The number of benzene rings is 1. The summed E-state index contributed by atoms with van der Waals surface area (Å²) >= 11 is 3.40. The van der Waals surface area contributed by atoms with E-state index in [1.54, 1.807) is 0 Å². The molecule has 1 fully saturated rings. The van der Waals surface area contributed by atoms with Crippen molar-refractivity contribution in [3.05, 3.63) is 33.8 Å². The minimum absolute atomic E-state index is 0.0282. The van der Waals surface area contributed by atoms with E-state index in [2.05, 4.69) is 21.2 Å². The van der Waals surface area contributed by atoms with E-state index in [-0.39, 0.29) is 11.9 Å². The summed E-state index contributed by atoms with van der Waals surface area (Å²) < 4.78 is 1.00. The third kappa shape index (κ3) is 3.33. The third-order valence-corrected chi connectivity index (χ3v) is 4.03. The number of halogens is 1. The highest BCUT2D eigenvalue weighted by molar-refractivity contribution is 9.10. The molecule has 1 aliphatic rings. The highest BCUT2D eigenvalue weighted by atomic mass is 79.9. The molecular weight excluding hydrogens is 292 g/mol. The quantitative estimate of drug-likeness (QED) is 0.882. The van der Waals surface area contributed by atoms with Crippen molar-refractivity contribution >= 4 is 21.8 Å². The standard InChI is InChI=1S/C14H19BrN2O/c1-9-8-10(15)2-7-13(9)14(18)17-12-5-3-11(16)4-6-12/h2,7-8,11-12H,3-6,16H2,1H3,(H,17,18). The van der Waals surface area contributed by atoms with Crippen LogP contribution >= 0.6 is 15.9 Å². The van der Waals surface area contributed by atoms with Crippen LogP contribution in [0.3, 0.4) is 0 Å². The second-order valence-electron chi connectivity index (χ2n) is 5.04. The van der Waals surface area contributed by atoms with Gasteiger partial charge >= 0.3 is 0 Å². The predicted octanol–water partition coefficient (Wildman–Crippen LogP) is 2.76. The molecule has 0 spiro atoms. The van der Waals surface area contributed by atoms with Gasteiger partial charge in [0, 0.05) is 22.1 Å². The van der Waals surface area contributed by atoms with Crippen molar-refractivity contribution in [1.29, 1.82) is 0 Å². The largest absolute Gasteiger partial charge is 0.349 e. The monoisotopic (exact) mass is 310 g/mol. The summed E-state index contributed by atoms with van der Waals surface area (Å²) in [4.78, 5) is 12.2. The summed E-state index contributed by atoms with van der Waals surface area (Å²) in [6.45, 7) is 1.95. The normalized spacial score (nSPS) is 23.7. The number of nitrogens with two attached hydrogens (primary N) is 1. The zero-order valence-electron chi connectivity index (χ0n) is 10.6. The molecule has 1 amide bonds. The lowest BCUT2D eigenvalue weighted by atomic mass is 9.91. The predicted molar refractivity (Wildman–Crippen MR) is 76.6 cm³/mol. The van der Waals surface area contributed by atoms with Crippen LogP contribution in [0, 0.1) is 6.92 Å². The van der Waals surface area contributed by atoms with Gasteiger partial charge in [-0.3, -0.25) is 4.79 Å². The smallest absolute Gasteiger partial charge is 0.251 e. The zero-order valence-corrected chi connectivity index (χ0v) is 12.2. The first-order valence-corrected chi connectivity index (χ1v) is 7.18. The van der Waals surface area contributed by atoms with E-state index in [0.717, 1.165) is 41.3 Å².